The molecule has 1 aromatic rings. The van der Waals surface area contributed by atoms with Crippen LogP contribution in [0, 0.1) is 0 Å². The van der Waals surface area contributed by atoms with E-state index in [0.717, 1.165) is 0 Å². The predicted octanol–water partition coefficient (Wildman–Crippen LogP) is 1.30. The van der Waals surface area contributed by atoms with E-state index in [-0.39, 0.29) is 11.0 Å². The number of nitrogens with one attached hydrogen (secondary N) is 1. The molecule has 0 atom stereocenters. The van der Waals surface area contributed by atoms with Crippen LogP contribution in [0.5, 0.6) is 0 Å². The number of amides is 1. The third-order valence-electron chi connectivity index (χ3n) is 1.00. The van der Waals surface area contributed by atoms with E-state index in [1.807, 2.05) is 5.43 Å². The van der Waals surface area contributed by atoms with Crippen molar-refractivity contribution in [2.75, 3.05) is 0 Å². The van der Waals surface area contributed by atoms with Gasteiger partial charge in [-0.25, -0.2) is 5.84 Å². The summed E-state index contributed by atoms with van der Waals surface area (Å²) >= 11 is 8.56. The van der Waals surface area contributed by atoms with Crippen LogP contribution in [0.4, 0.5) is 0 Å². The first kappa shape index (κ1) is 8.58. The van der Waals surface area contributed by atoms with Crippen molar-refractivity contribution in [1.29, 1.82) is 0 Å². The Balaban J connectivity index is 2.97. The molecule has 4 nitrogen and oxygen atoms in total. The van der Waals surface area contributed by atoms with Crippen molar-refractivity contribution >= 4 is 33.4 Å². The summed E-state index contributed by atoms with van der Waals surface area (Å²) in [6, 6.07) is 1.44. The summed E-state index contributed by atoms with van der Waals surface area (Å²) in [6.45, 7) is 0. The number of nitrogen functional groups attached to an aromatic ring is 1. The van der Waals surface area contributed by atoms with Crippen LogP contribution in [-0.4, -0.2) is 5.91 Å². The molecule has 1 rings (SSSR count). The van der Waals surface area contributed by atoms with Crippen LogP contribution in [-0.2, 0) is 0 Å². The van der Waals surface area contributed by atoms with Crippen LogP contribution in [0.15, 0.2) is 15.0 Å². The van der Waals surface area contributed by atoms with Crippen LogP contribution in [0.3, 0.4) is 0 Å². The molecule has 0 fully saturated rings. The highest BCUT2D eigenvalue weighted by molar-refractivity contribution is 9.10. The molecule has 0 radical (unpaired) electrons. The number of hydrogen-bond acceptors (Lipinski definition) is 3. The summed E-state index contributed by atoms with van der Waals surface area (Å²) in [5, 5.41) is 0.128. The Labute approximate surface area is 75.8 Å². The smallest absolute Gasteiger partial charge is 0.300 e. The Morgan fingerprint density at radius 3 is 2.82 bits per heavy atom. The van der Waals surface area contributed by atoms with Crippen molar-refractivity contribution in [3.8, 4) is 0 Å². The third-order valence-corrected chi connectivity index (χ3v) is 2.10. The minimum Gasteiger partial charge on any atom is -0.438 e. The first-order chi connectivity index (χ1) is 5.15. The van der Waals surface area contributed by atoms with E-state index in [2.05, 4.69) is 15.9 Å². The Kier molecular flexibility index (Phi) is 2.53. The minimum absolute atomic E-state index is 0.0735. The molecule has 0 unspecified atom stereocenters. The molecule has 0 saturated heterocycles. The molecule has 0 aliphatic heterocycles. The van der Waals surface area contributed by atoms with Crippen molar-refractivity contribution in [2.24, 2.45) is 5.84 Å². The average molecular weight is 239 g/mol. The fourth-order valence-corrected chi connectivity index (χ4v) is 0.956. The topological polar surface area (TPSA) is 68.3 Å². The predicted molar refractivity (Wildman–Crippen MR) is 43.1 cm³/mol. The summed E-state index contributed by atoms with van der Waals surface area (Å²) in [5.41, 5.74) is 1.91. The number of carbonyl (C=O) groups is 1. The van der Waals surface area contributed by atoms with Gasteiger partial charge in [0.1, 0.15) is 0 Å². The molecular weight excluding hydrogens is 235 g/mol. The van der Waals surface area contributed by atoms with Crippen LogP contribution in [0.2, 0.25) is 5.22 Å². The van der Waals surface area contributed by atoms with Gasteiger partial charge in [-0.05, 0) is 27.5 Å². The summed E-state index contributed by atoms with van der Waals surface area (Å²) in [4.78, 5) is 10.8. The van der Waals surface area contributed by atoms with E-state index in [4.69, 9.17) is 21.9 Å². The van der Waals surface area contributed by atoms with Crippen LogP contribution < -0.4 is 11.3 Å². The molecule has 0 spiro atoms. The summed E-state index contributed by atoms with van der Waals surface area (Å²) in [5.74, 6) is 4.40. The first-order valence-corrected chi connectivity index (χ1v) is 3.78. The normalized spacial score (nSPS) is 9.73. The summed E-state index contributed by atoms with van der Waals surface area (Å²) < 4.78 is 5.32. The number of rotatable bonds is 1. The fraction of sp³-hybridized carbons (Fsp3) is 0. The van der Waals surface area contributed by atoms with E-state index in [1.165, 1.54) is 6.07 Å². The second-order valence-electron chi connectivity index (χ2n) is 1.71. The lowest BCUT2D eigenvalue weighted by Crippen LogP contribution is -2.29. The lowest BCUT2D eigenvalue weighted by molar-refractivity contribution is 0.0926. The van der Waals surface area contributed by atoms with Gasteiger partial charge in [0, 0.05) is 6.07 Å². The SMILES string of the molecule is NNC(=O)c1cc(Br)c(Cl)o1. The van der Waals surface area contributed by atoms with Gasteiger partial charge in [0.25, 0.3) is 0 Å². The van der Waals surface area contributed by atoms with Gasteiger partial charge in [-0.2, -0.15) is 0 Å². The Morgan fingerprint density at radius 2 is 2.45 bits per heavy atom. The first-order valence-electron chi connectivity index (χ1n) is 2.61. The van der Waals surface area contributed by atoms with Crippen molar-refractivity contribution in [3.63, 3.8) is 0 Å². The largest absolute Gasteiger partial charge is 0.438 e. The summed E-state index contributed by atoms with van der Waals surface area (Å²) in [7, 11) is 0. The van der Waals surface area contributed by atoms with Crippen molar-refractivity contribution in [2.45, 2.75) is 0 Å². The highest BCUT2D eigenvalue weighted by Crippen LogP contribution is 2.25. The van der Waals surface area contributed by atoms with Crippen LogP contribution in [0.1, 0.15) is 10.6 Å². The van der Waals surface area contributed by atoms with Gasteiger partial charge in [0.2, 0.25) is 5.22 Å². The highest BCUT2D eigenvalue weighted by Gasteiger charge is 2.12. The van der Waals surface area contributed by atoms with Gasteiger partial charge < -0.3 is 4.42 Å². The Bertz CT molecular complexity index is 267. The van der Waals surface area contributed by atoms with E-state index < -0.39 is 5.91 Å². The zero-order chi connectivity index (χ0) is 8.43. The molecule has 1 amide bonds. The Morgan fingerprint density at radius 1 is 1.82 bits per heavy atom. The molecule has 3 N–H and O–H groups in total. The number of hydrogen-bond donors (Lipinski definition) is 2. The molecule has 0 aliphatic carbocycles. The third kappa shape index (κ3) is 1.74. The Hall–Kier alpha value is -0.520. The molecule has 6 heteroatoms. The maximum absolute atomic E-state index is 10.8. The monoisotopic (exact) mass is 238 g/mol. The van der Waals surface area contributed by atoms with Crippen molar-refractivity contribution in [3.05, 3.63) is 21.5 Å². The average Bonchev–Trinajstić information content (AvgIpc) is 2.31. The number of hydrazine groups is 1. The second-order valence-corrected chi connectivity index (χ2v) is 2.90. The lowest BCUT2D eigenvalue weighted by Gasteiger charge is -1.90. The van der Waals surface area contributed by atoms with E-state index in [1.54, 1.807) is 0 Å². The number of carbonyl (C=O) groups excluding carboxylic acids is 1. The van der Waals surface area contributed by atoms with Crippen LogP contribution >= 0.6 is 27.5 Å². The van der Waals surface area contributed by atoms with Crippen molar-refractivity contribution < 1.29 is 9.21 Å². The number of furan rings is 1. The van der Waals surface area contributed by atoms with Gasteiger partial charge in [-0.15, -0.1) is 0 Å². The van der Waals surface area contributed by atoms with Gasteiger partial charge in [-0.3, -0.25) is 10.2 Å². The molecule has 0 aliphatic rings. The zero-order valence-electron chi connectivity index (χ0n) is 5.23. The number of nitrogens with two attached hydrogens (primary N) is 1. The molecule has 0 bridgehead atoms. The van der Waals surface area contributed by atoms with Gasteiger partial charge in [0.15, 0.2) is 5.76 Å². The second kappa shape index (κ2) is 3.25. The molecule has 0 aromatic carbocycles. The molecule has 1 heterocycles. The van der Waals surface area contributed by atoms with Crippen LogP contribution in [0.25, 0.3) is 0 Å². The molecule has 1 aromatic heterocycles. The minimum atomic E-state index is -0.516. The highest BCUT2D eigenvalue weighted by atomic mass is 79.9. The lowest BCUT2D eigenvalue weighted by atomic mass is 10.4. The number of halogens is 2. The molecule has 60 valence electrons. The maximum atomic E-state index is 10.8. The van der Waals surface area contributed by atoms with Crippen molar-refractivity contribution in [1.82, 2.24) is 5.43 Å². The molecule has 11 heavy (non-hydrogen) atoms. The quantitative estimate of drug-likeness (QED) is 0.441. The van der Waals surface area contributed by atoms with Gasteiger partial charge in [-0.1, -0.05) is 0 Å². The summed E-state index contributed by atoms with van der Waals surface area (Å²) in [6.07, 6.45) is 0. The standard InChI is InChI=1S/C5H4BrClN2O2/c6-2-1-3(5(10)9-8)11-4(2)7/h1H,8H2,(H,9,10). The maximum Gasteiger partial charge on any atom is 0.300 e. The van der Waals surface area contributed by atoms with E-state index in [9.17, 15) is 4.79 Å². The van der Waals surface area contributed by atoms with Gasteiger partial charge in [0.05, 0.1) is 4.47 Å². The fourth-order valence-electron chi connectivity index (χ4n) is 0.530. The van der Waals surface area contributed by atoms with E-state index >= 15 is 0 Å². The molecule has 0 saturated carbocycles. The zero-order valence-corrected chi connectivity index (χ0v) is 7.57. The van der Waals surface area contributed by atoms with Gasteiger partial charge >= 0.3 is 5.91 Å². The van der Waals surface area contributed by atoms with E-state index in [0.29, 0.717) is 4.47 Å². The molecular formula is C5H4BrClN2O2.